The molecule has 1 aliphatic rings. The van der Waals surface area contributed by atoms with E-state index in [2.05, 4.69) is 0 Å². The van der Waals surface area contributed by atoms with E-state index in [1.165, 1.54) is 32.6 Å². The van der Waals surface area contributed by atoms with E-state index in [4.69, 9.17) is 12.2 Å². The SMILES string of the molecule is CCCN1C(=O)/C(=C\c2cccn2-c2cccc(C(F)(F)F)c2)C(=O)N(c2ccccc2)C1=S. The van der Waals surface area contributed by atoms with Crippen LogP contribution in [-0.4, -0.2) is 32.9 Å². The molecule has 0 bridgehead atoms. The van der Waals surface area contributed by atoms with E-state index in [0.717, 1.165) is 12.1 Å². The van der Waals surface area contributed by atoms with Gasteiger partial charge in [0.1, 0.15) is 5.57 Å². The third-order valence-corrected chi connectivity index (χ3v) is 5.72. The smallest absolute Gasteiger partial charge is 0.317 e. The van der Waals surface area contributed by atoms with Crippen LogP contribution < -0.4 is 4.90 Å². The van der Waals surface area contributed by atoms with Crippen molar-refractivity contribution in [2.24, 2.45) is 0 Å². The third kappa shape index (κ3) is 4.38. The highest BCUT2D eigenvalue weighted by Crippen LogP contribution is 2.31. The molecule has 0 radical (unpaired) electrons. The zero-order valence-electron chi connectivity index (χ0n) is 18.1. The molecule has 1 fully saturated rings. The maximum Gasteiger partial charge on any atom is 0.416 e. The summed E-state index contributed by atoms with van der Waals surface area (Å²) >= 11 is 5.47. The molecule has 2 heterocycles. The van der Waals surface area contributed by atoms with E-state index in [0.29, 0.717) is 24.3 Å². The first-order valence-corrected chi connectivity index (χ1v) is 10.9. The van der Waals surface area contributed by atoms with Crippen LogP contribution in [0, 0.1) is 0 Å². The van der Waals surface area contributed by atoms with Crippen LogP contribution in [-0.2, 0) is 15.8 Å². The number of amides is 2. The summed E-state index contributed by atoms with van der Waals surface area (Å²) in [6, 6.07) is 16.8. The lowest BCUT2D eigenvalue weighted by molar-refractivity contribution is -0.137. The Morgan fingerprint density at radius 2 is 1.62 bits per heavy atom. The van der Waals surface area contributed by atoms with Crippen molar-refractivity contribution >= 4 is 40.9 Å². The van der Waals surface area contributed by atoms with Crippen LogP contribution >= 0.6 is 12.2 Å². The molecule has 0 aliphatic carbocycles. The fourth-order valence-corrected chi connectivity index (χ4v) is 4.09. The van der Waals surface area contributed by atoms with E-state index < -0.39 is 23.6 Å². The van der Waals surface area contributed by atoms with Gasteiger partial charge in [0.15, 0.2) is 5.11 Å². The molecule has 34 heavy (non-hydrogen) atoms. The highest BCUT2D eigenvalue weighted by molar-refractivity contribution is 7.80. The first-order valence-electron chi connectivity index (χ1n) is 10.5. The van der Waals surface area contributed by atoms with Crippen molar-refractivity contribution in [3.8, 4) is 5.69 Å². The van der Waals surface area contributed by atoms with Gasteiger partial charge in [0.25, 0.3) is 11.8 Å². The summed E-state index contributed by atoms with van der Waals surface area (Å²) in [5, 5.41) is 0.0912. The highest BCUT2D eigenvalue weighted by atomic mass is 32.1. The van der Waals surface area contributed by atoms with Crippen molar-refractivity contribution in [3.63, 3.8) is 0 Å². The van der Waals surface area contributed by atoms with Crippen LogP contribution in [0.5, 0.6) is 0 Å². The molecule has 2 aromatic carbocycles. The summed E-state index contributed by atoms with van der Waals surface area (Å²) in [5.41, 5.74) is 0.233. The van der Waals surface area contributed by atoms with Gasteiger partial charge in [-0.2, -0.15) is 13.2 Å². The molecule has 2 amide bonds. The Bertz CT molecular complexity index is 1280. The number of benzene rings is 2. The fraction of sp³-hybridized carbons (Fsp3) is 0.160. The topological polar surface area (TPSA) is 45.6 Å². The van der Waals surface area contributed by atoms with Gasteiger partial charge in [0.05, 0.1) is 11.3 Å². The molecular weight excluding hydrogens is 463 g/mol. The maximum absolute atomic E-state index is 13.4. The molecule has 0 unspecified atom stereocenters. The molecule has 9 heteroatoms. The maximum atomic E-state index is 13.4. The van der Waals surface area contributed by atoms with Crippen molar-refractivity contribution in [2.45, 2.75) is 19.5 Å². The standard InChI is InChI=1S/C25H20F3N3O2S/c1-2-13-30-22(32)21(23(33)31(24(30)34)18-9-4-3-5-10-18)16-20-12-7-14-29(20)19-11-6-8-17(15-19)25(26,27)28/h3-12,14-16H,2,13H2,1H3/b21-16+. The fourth-order valence-electron chi connectivity index (χ4n) is 3.73. The molecule has 0 N–H and O–H groups in total. The molecule has 3 aromatic rings. The summed E-state index contributed by atoms with van der Waals surface area (Å²) < 4.78 is 41.1. The zero-order chi connectivity index (χ0) is 24.5. The number of thiocarbonyl (C=S) groups is 1. The average molecular weight is 484 g/mol. The van der Waals surface area contributed by atoms with E-state index in [1.807, 2.05) is 6.92 Å². The molecule has 174 valence electrons. The second-order valence-corrected chi connectivity index (χ2v) is 7.99. The molecule has 0 atom stereocenters. The number of halogens is 3. The number of anilines is 1. The average Bonchev–Trinajstić information content (AvgIpc) is 3.28. The van der Waals surface area contributed by atoms with Crippen molar-refractivity contribution in [2.75, 3.05) is 11.4 Å². The zero-order valence-corrected chi connectivity index (χ0v) is 18.9. The Kier molecular flexibility index (Phi) is 6.39. The quantitative estimate of drug-likeness (QED) is 0.275. The summed E-state index contributed by atoms with van der Waals surface area (Å²) in [6.45, 7) is 2.21. The molecule has 1 aliphatic heterocycles. The summed E-state index contributed by atoms with van der Waals surface area (Å²) in [7, 11) is 0. The number of hydrogen-bond acceptors (Lipinski definition) is 3. The van der Waals surface area contributed by atoms with Crippen LogP contribution in [0.15, 0.2) is 78.5 Å². The number of carbonyl (C=O) groups is 2. The molecule has 0 spiro atoms. The number of carbonyl (C=O) groups excluding carboxylic acids is 2. The Balaban J connectivity index is 1.80. The second-order valence-electron chi connectivity index (χ2n) is 7.62. The number of rotatable bonds is 5. The number of alkyl halides is 3. The number of nitrogens with zero attached hydrogens (tertiary/aromatic N) is 3. The van der Waals surface area contributed by atoms with Crippen LogP contribution in [0.1, 0.15) is 24.6 Å². The van der Waals surface area contributed by atoms with E-state index in [9.17, 15) is 22.8 Å². The van der Waals surface area contributed by atoms with Crippen LogP contribution in [0.25, 0.3) is 11.8 Å². The minimum absolute atomic E-state index is 0.0912. The second kappa shape index (κ2) is 9.26. The van der Waals surface area contributed by atoms with Gasteiger partial charge in [-0.25, -0.2) is 0 Å². The van der Waals surface area contributed by atoms with Crippen LogP contribution in [0.3, 0.4) is 0 Å². The Morgan fingerprint density at radius 1 is 0.912 bits per heavy atom. The number of para-hydroxylation sites is 1. The van der Waals surface area contributed by atoms with Gasteiger partial charge in [0, 0.05) is 24.1 Å². The minimum atomic E-state index is -4.50. The van der Waals surface area contributed by atoms with Crippen LogP contribution in [0.4, 0.5) is 18.9 Å². The lowest BCUT2D eigenvalue weighted by atomic mass is 10.1. The first-order chi connectivity index (χ1) is 16.2. The summed E-state index contributed by atoms with van der Waals surface area (Å²) in [4.78, 5) is 29.3. The van der Waals surface area contributed by atoms with E-state index in [1.54, 1.807) is 48.7 Å². The highest BCUT2D eigenvalue weighted by Gasteiger charge is 2.40. The Morgan fingerprint density at radius 3 is 2.29 bits per heavy atom. The molecular formula is C25H20F3N3O2S. The molecule has 1 saturated heterocycles. The molecule has 4 rings (SSSR count). The van der Waals surface area contributed by atoms with Crippen molar-refractivity contribution in [1.82, 2.24) is 9.47 Å². The van der Waals surface area contributed by atoms with Gasteiger partial charge in [-0.15, -0.1) is 0 Å². The summed E-state index contributed by atoms with van der Waals surface area (Å²) in [6.07, 6.45) is -0.908. The normalized spacial score (nSPS) is 16.0. The van der Waals surface area contributed by atoms with Crippen molar-refractivity contribution in [1.29, 1.82) is 0 Å². The van der Waals surface area contributed by atoms with Gasteiger partial charge in [-0.1, -0.05) is 31.2 Å². The van der Waals surface area contributed by atoms with Gasteiger partial charge < -0.3 is 4.57 Å². The Labute approximate surface area is 199 Å². The van der Waals surface area contributed by atoms with Gasteiger partial charge in [-0.05, 0) is 67.2 Å². The van der Waals surface area contributed by atoms with Crippen molar-refractivity contribution in [3.05, 3.63) is 89.8 Å². The molecule has 1 aromatic heterocycles. The third-order valence-electron chi connectivity index (χ3n) is 5.32. The molecule has 0 saturated carbocycles. The minimum Gasteiger partial charge on any atom is -0.317 e. The monoisotopic (exact) mass is 483 g/mol. The Hall–Kier alpha value is -3.72. The summed E-state index contributed by atoms with van der Waals surface area (Å²) in [5.74, 6) is -1.13. The predicted octanol–water partition coefficient (Wildman–Crippen LogP) is 5.45. The lowest BCUT2D eigenvalue weighted by Gasteiger charge is -2.36. The van der Waals surface area contributed by atoms with Gasteiger partial charge >= 0.3 is 6.18 Å². The molecule has 5 nitrogen and oxygen atoms in total. The predicted molar refractivity (Wildman–Crippen MR) is 127 cm³/mol. The van der Waals surface area contributed by atoms with Crippen LogP contribution in [0.2, 0.25) is 0 Å². The largest absolute Gasteiger partial charge is 0.416 e. The first kappa shape index (κ1) is 23.4. The lowest BCUT2D eigenvalue weighted by Crippen LogP contribution is -2.56. The van der Waals surface area contributed by atoms with E-state index >= 15 is 0 Å². The van der Waals surface area contributed by atoms with Crippen molar-refractivity contribution < 1.29 is 22.8 Å². The van der Waals surface area contributed by atoms with Gasteiger partial charge in [-0.3, -0.25) is 19.4 Å². The number of hydrogen-bond donors (Lipinski definition) is 0. The number of aromatic nitrogens is 1. The van der Waals surface area contributed by atoms with E-state index in [-0.39, 0.29) is 16.4 Å². The van der Waals surface area contributed by atoms with Gasteiger partial charge in [0.2, 0.25) is 0 Å².